The number of Topliss-reactive ketones (excluding diaryl/α,β-unsaturated/α-hetero) is 1. The maximum atomic E-state index is 11.5. The highest BCUT2D eigenvalue weighted by molar-refractivity contribution is 5.97. The number of carbonyl (C=O) groups excluding carboxylic acids is 2. The summed E-state index contributed by atoms with van der Waals surface area (Å²) in [6, 6.07) is 3.39. The molecule has 0 aliphatic rings. The normalized spacial score (nSPS) is 11.1. The summed E-state index contributed by atoms with van der Waals surface area (Å²) in [5.41, 5.74) is 1.83. The first kappa shape index (κ1) is 12.4. The van der Waals surface area contributed by atoms with Crippen molar-refractivity contribution in [2.45, 2.75) is 27.5 Å². The highest BCUT2D eigenvalue weighted by Crippen LogP contribution is 2.21. The lowest BCUT2D eigenvalue weighted by molar-refractivity contribution is -0.151. The third-order valence-corrected chi connectivity index (χ3v) is 2.69. The molecule has 2 aromatic rings. The van der Waals surface area contributed by atoms with Gasteiger partial charge in [-0.3, -0.25) is 9.59 Å². The van der Waals surface area contributed by atoms with Gasteiger partial charge in [0.2, 0.25) is 0 Å². The summed E-state index contributed by atoms with van der Waals surface area (Å²) >= 11 is 0. The van der Waals surface area contributed by atoms with Crippen molar-refractivity contribution in [2.75, 3.05) is 0 Å². The molecule has 2 rings (SSSR count). The SMILES string of the molecule is CC(=O)c1cc2occc2n1COC(=O)C(C)C. The number of aromatic nitrogens is 1. The van der Waals surface area contributed by atoms with Crippen LogP contribution < -0.4 is 0 Å². The Morgan fingerprint density at radius 2 is 2.17 bits per heavy atom. The summed E-state index contributed by atoms with van der Waals surface area (Å²) in [6.45, 7) is 5.01. The van der Waals surface area contributed by atoms with E-state index in [9.17, 15) is 9.59 Å². The maximum Gasteiger partial charge on any atom is 0.310 e. The van der Waals surface area contributed by atoms with Crippen molar-refractivity contribution < 1.29 is 18.7 Å². The molecular weight excluding hydrogens is 234 g/mol. The number of esters is 1. The fourth-order valence-corrected chi connectivity index (χ4v) is 1.70. The first-order valence-electron chi connectivity index (χ1n) is 5.75. The number of rotatable bonds is 4. The Hall–Kier alpha value is -2.04. The molecule has 0 fully saturated rings. The fraction of sp³-hybridized carbons (Fsp3) is 0.385. The van der Waals surface area contributed by atoms with Crippen molar-refractivity contribution in [3.05, 3.63) is 24.1 Å². The molecule has 0 bridgehead atoms. The van der Waals surface area contributed by atoms with E-state index in [1.807, 2.05) is 0 Å². The van der Waals surface area contributed by atoms with Gasteiger partial charge in [0.25, 0.3) is 0 Å². The number of fused-ring (bicyclic) bond motifs is 1. The van der Waals surface area contributed by atoms with Gasteiger partial charge in [-0.1, -0.05) is 13.8 Å². The minimum absolute atomic E-state index is 0.0228. The van der Waals surface area contributed by atoms with Gasteiger partial charge in [0.1, 0.15) is 0 Å². The number of nitrogens with zero attached hydrogens (tertiary/aromatic N) is 1. The minimum atomic E-state index is -0.296. The third-order valence-electron chi connectivity index (χ3n) is 2.69. The number of hydrogen-bond donors (Lipinski definition) is 0. The van der Waals surface area contributed by atoms with Crippen LogP contribution in [0.1, 0.15) is 31.3 Å². The topological polar surface area (TPSA) is 61.4 Å². The molecule has 2 aromatic heterocycles. The first-order chi connectivity index (χ1) is 8.50. The lowest BCUT2D eigenvalue weighted by Crippen LogP contribution is -2.16. The maximum absolute atomic E-state index is 11.5. The van der Waals surface area contributed by atoms with E-state index in [0.717, 1.165) is 5.52 Å². The van der Waals surface area contributed by atoms with Gasteiger partial charge in [0.15, 0.2) is 18.1 Å². The van der Waals surface area contributed by atoms with Crippen molar-refractivity contribution in [1.82, 2.24) is 4.57 Å². The Morgan fingerprint density at radius 1 is 1.44 bits per heavy atom. The molecule has 0 saturated carbocycles. The van der Waals surface area contributed by atoms with Crippen molar-refractivity contribution >= 4 is 22.9 Å². The summed E-state index contributed by atoms with van der Waals surface area (Å²) in [6.07, 6.45) is 1.54. The van der Waals surface area contributed by atoms with Crippen LogP contribution >= 0.6 is 0 Å². The molecule has 5 nitrogen and oxygen atoms in total. The molecule has 0 atom stereocenters. The van der Waals surface area contributed by atoms with Crippen molar-refractivity contribution in [1.29, 1.82) is 0 Å². The molecule has 0 radical (unpaired) electrons. The van der Waals surface area contributed by atoms with Gasteiger partial charge in [-0.2, -0.15) is 0 Å². The van der Waals surface area contributed by atoms with Crippen LogP contribution in [0.15, 0.2) is 22.8 Å². The van der Waals surface area contributed by atoms with Crippen LogP contribution in [0.25, 0.3) is 11.1 Å². The van der Waals surface area contributed by atoms with Crippen LogP contribution in [0.4, 0.5) is 0 Å². The molecule has 2 heterocycles. The Bertz CT molecular complexity index is 591. The van der Waals surface area contributed by atoms with Gasteiger partial charge in [-0.05, 0) is 0 Å². The lowest BCUT2D eigenvalue weighted by Gasteiger charge is -2.10. The smallest absolute Gasteiger partial charge is 0.310 e. The standard InChI is InChI=1S/C13H15NO4/c1-8(2)13(16)18-7-14-10-4-5-17-12(10)6-11(14)9(3)15/h4-6,8H,7H2,1-3H3. The van der Waals surface area contributed by atoms with Gasteiger partial charge >= 0.3 is 5.97 Å². The van der Waals surface area contributed by atoms with E-state index in [2.05, 4.69) is 0 Å². The Balaban J connectivity index is 2.30. The summed E-state index contributed by atoms with van der Waals surface area (Å²) < 4.78 is 12.0. The highest BCUT2D eigenvalue weighted by atomic mass is 16.5. The van der Waals surface area contributed by atoms with E-state index in [1.54, 1.807) is 30.5 Å². The summed E-state index contributed by atoms with van der Waals surface area (Å²) in [5.74, 6) is -0.585. The predicted molar refractivity (Wildman–Crippen MR) is 65.1 cm³/mol. The van der Waals surface area contributed by atoms with E-state index in [-0.39, 0.29) is 24.4 Å². The van der Waals surface area contributed by atoms with Gasteiger partial charge in [-0.25, -0.2) is 0 Å². The Morgan fingerprint density at radius 3 is 2.78 bits per heavy atom. The van der Waals surface area contributed by atoms with E-state index in [4.69, 9.17) is 9.15 Å². The van der Waals surface area contributed by atoms with Crippen molar-refractivity contribution in [2.24, 2.45) is 5.92 Å². The van der Waals surface area contributed by atoms with Gasteiger partial charge in [0.05, 0.1) is 23.4 Å². The van der Waals surface area contributed by atoms with Crippen molar-refractivity contribution in [3.8, 4) is 0 Å². The third kappa shape index (κ3) is 2.16. The molecular formula is C13H15NO4. The van der Waals surface area contributed by atoms with Crippen LogP contribution in [-0.4, -0.2) is 16.3 Å². The van der Waals surface area contributed by atoms with Crippen LogP contribution in [-0.2, 0) is 16.3 Å². The molecule has 0 aliphatic carbocycles. The van der Waals surface area contributed by atoms with Gasteiger partial charge in [0, 0.05) is 19.1 Å². The van der Waals surface area contributed by atoms with Crippen LogP contribution in [0.2, 0.25) is 0 Å². The average molecular weight is 249 g/mol. The lowest BCUT2D eigenvalue weighted by atomic mass is 10.2. The quantitative estimate of drug-likeness (QED) is 0.617. The fourth-order valence-electron chi connectivity index (χ4n) is 1.70. The molecule has 0 aromatic carbocycles. The Labute approximate surface area is 104 Å². The highest BCUT2D eigenvalue weighted by Gasteiger charge is 2.16. The summed E-state index contributed by atoms with van der Waals surface area (Å²) in [4.78, 5) is 23.0. The average Bonchev–Trinajstić information content (AvgIpc) is 2.85. The second kappa shape index (κ2) is 4.68. The predicted octanol–water partition coefficient (Wildman–Crippen LogP) is 2.59. The molecule has 0 unspecified atom stereocenters. The second-order valence-corrected chi connectivity index (χ2v) is 4.43. The molecule has 0 N–H and O–H groups in total. The number of ketones is 1. The minimum Gasteiger partial charge on any atom is -0.463 e. The van der Waals surface area contributed by atoms with Crippen LogP contribution in [0.5, 0.6) is 0 Å². The Kier molecular flexibility index (Phi) is 3.23. The van der Waals surface area contributed by atoms with E-state index in [1.165, 1.54) is 13.2 Å². The number of carbonyl (C=O) groups is 2. The monoisotopic (exact) mass is 249 g/mol. The summed E-state index contributed by atoms with van der Waals surface area (Å²) in [5, 5.41) is 0. The number of ether oxygens (including phenoxy) is 1. The molecule has 5 heteroatoms. The van der Waals surface area contributed by atoms with Gasteiger partial charge < -0.3 is 13.7 Å². The molecule has 0 spiro atoms. The van der Waals surface area contributed by atoms with Crippen molar-refractivity contribution in [3.63, 3.8) is 0 Å². The zero-order chi connectivity index (χ0) is 13.3. The molecule has 0 saturated heterocycles. The molecule has 18 heavy (non-hydrogen) atoms. The first-order valence-corrected chi connectivity index (χ1v) is 5.75. The van der Waals surface area contributed by atoms with E-state index < -0.39 is 0 Å². The van der Waals surface area contributed by atoms with Crippen LogP contribution in [0.3, 0.4) is 0 Å². The molecule has 96 valence electrons. The van der Waals surface area contributed by atoms with Gasteiger partial charge in [-0.15, -0.1) is 0 Å². The number of furan rings is 1. The number of hydrogen-bond acceptors (Lipinski definition) is 4. The van der Waals surface area contributed by atoms with E-state index in [0.29, 0.717) is 11.3 Å². The zero-order valence-electron chi connectivity index (χ0n) is 10.6. The van der Waals surface area contributed by atoms with Crippen LogP contribution in [0, 0.1) is 5.92 Å². The second-order valence-electron chi connectivity index (χ2n) is 4.43. The zero-order valence-corrected chi connectivity index (χ0v) is 10.6. The molecule has 0 aliphatic heterocycles. The molecule has 0 amide bonds. The largest absolute Gasteiger partial charge is 0.463 e. The summed E-state index contributed by atoms with van der Waals surface area (Å²) in [7, 11) is 0. The van der Waals surface area contributed by atoms with E-state index >= 15 is 0 Å².